The second kappa shape index (κ2) is 8.88. The largest absolute Gasteiger partial charge is 0.494 e. The summed E-state index contributed by atoms with van der Waals surface area (Å²) in [6, 6.07) is 7.87. The maximum atomic E-state index is 12.9. The van der Waals surface area contributed by atoms with Gasteiger partial charge in [0.2, 0.25) is 0 Å². The predicted octanol–water partition coefficient (Wildman–Crippen LogP) is 3.92. The smallest absolute Gasteiger partial charge is 0.255 e. The second-order valence-corrected chi connectivity index (χ2v) is 9.05. The molecule has 7 heteroatoms. The minimum atomic E-state index is -0.196. The van der Waals surface area contributed by atoms with Crippen molar-refractivity contribution in [2.45, 2.75) is 38.6 Å². The summed E-state index contributed by atoms with van der Waals surface area (Å²) < 4.78 is 5.66. The van der Waals surface area contributed by atoms with E-state index in [1.807, 2.05) is 31.2 Å². The molecule has 2 aliphatic heterocycles. The number of ether oxygens (including phenoxy) is 1. The zero-order chi connectivity index (χ0) is 23.7. The van der Waals surface area contributed by atoms with Crippen LogP contribution < -0.4 is 20.7 Å². The van der Waals surface area contributed by atoms with Gasteiger partial charge in [0.05, 0.1) is 40.8 Å². The highest BCUT2D eigenvalue weighted by Gasteiger charge is 2.29. The van der Waals surface area contributed by atoms with Gasteiger partial charge in [-0.3, -0.25) is 9.78 Å². The van der Waals surface area contributed by atoms with Crippen LogP contribution in [0.25, 0.3) is 11.3 Å². The second-order valence-electron chi connectivity index (χ2n) is 9.05. The van der Waals surface area contributed by atoms with Crippen LogP contribution in [0.1, 0.15) is 46.9 Å². The van der Waals surface area contributed by atoms with Crippen LogP contribution in [0.4, 0.5) is 11.4 Å². The highest BCUT2D eigenvalue weighted by atomic mass is 16.5. The molecule has 1 aromatic carbocycles. The number of carbonyl (C=O) groups is 1. The summed E-state index contributed by atoms with van der Waals surface area (Å²) in [4.78, 5) is 20.8. The van der Waals surface area contributed by atoms with Crippen LogP contribution in [-0.2, 0) is 6.42 Å². The van der Waals surface area contributed by atoms with Gasteiger partial charge in [0.15, 0.2) is 0 Å². The van der Waals surface area contributed by atoms with Crippen LogP contribution in [0, 0.1) is 18.8 Å². The number of H-pyrrole nitrogens is 1. The number of aromatic nitrogens is 2. The summed E-state index contributed by atoms with van der Waals surface area (Å²) in [6.07, 6.45) is 6.42. The van der Waals surface area contributed by atoms with Gasteiger partial charge < -0.3 is 25.7 Å². The van der Waals surface area contributed by atoms with Crippen LogP contribution in [0.15, 0.2) is 36.7 Å². The average Bonchev–Trinajstić information content (AvgIpc) is 3.43. The van der Waals surface area contributed by atoms with E-state index >= 15 is 0 Å². The topological polar surface area (TPSA) is 91.1 Å². The van der Waals surface area contributed by atoms with E-state index in [0.29, 0.717) is 12.1 Å². The molecular weight excluding hydrogens is 426 g/mol. The van der Waals surface area contributed by atoms with Crippen molar-refractivity contribution in [2.24, 2.45) is 0 Å². The fourth-order valence-corrected chi connectivity index (χ4v) is 4.78. The highest BCUT2D eigenvalue weighted by Crippen LogP contribution is 2.40. The number of anilines is 2. The molecule has 0 unspecified atom stereocenters. The number of carbonyl (C=O) groups excluding carboxylic acids is 1. The third-order valence-electron chi connectivity index (χ3n) is 6.57. The molecule has 7 nitrogen and oxygen atoms in total. The van der Waals surface area contributed by atoms with Crippen LogP contribution in [-0.4, -0.2) is 41.6 Å². The molecule has 2 aliphatic rings. The molecular formula is C27H29N5O2. The van der Waals surface area contributed by atoms with Gasteiger partial charge in [-0.2, -0.15) is 0 Å². The lowest BCUT2D eigenvalue weighted by molar-refractivity contribution is 0.0947. The van der Waals surface area contributed by atoms with E-state index in [1.54, 1.807) is 19.5 Å². The Labute approximate surface area is 199 Å². The minimum absolute atomic E-state index is 0.0952. The number of hydrogen-bond donors (Lipinski definition) is 4. The summed E-state index contributed by atoms with van der Waals surface area (Å²) in [7, 11) is 1.65. The Morgan fingerprint density at radius 1 is 1.24 bits per heavy atom. The van der Waals surface area contributed by atoms with E-state index < -0.39 is 0 Å². The van der Waals surface area contributed by atoms with Gasteiger partial charge in [0, 0.05) is 36.6 Å². The number of nitrogens with zero attached hydrogens (tertiary/aromatic N) is 1. The summed E-state index contributed by atoms with van der Waals surface area (Å²) >= 11 is 0. The van der Waals surface area contributed by atoms with Gasteiger partial charge in [0.1, 0.15) is 5.75 Å². The number of methoxy groups -OCH3 is 1. The Hall–Kier alpha value is -3.76. The van der Waals surface area contributed by atoms with E-state index in [2.05, 4.69) is 44.7 Å². The predicted molar refractivity (Wildman–Crippen MR) is 134 cm³/mol. The van der Waals surface area contributed by atoms with Crippen LogP contribution in [0.3, 0.4) is 0 Å². The highest BCUT2D eigenvalue weighted by molar-refractivity contribution is 6.06. The van der Waals surface area contributed by atoms with E-state index in [0.717, 1.165) is 71.0 Å². The molecule has 174 valence electrons. The van der Waals surface area contributed by atoms with E-state index in [4.69, 9.17) is 4.74 Å². The number of rotatable bonds is 4. The van der Waals surface area contributed by atoms with Gasteiger partial charge in [-0.1, -0.05) is 24.0 Å². The molecule has 0 bridgehead atoms. The third-order valence-corrected chi connectivity index (χ3v) is 6.57. The molecule has 0 aliphatic carbocycles. The van der Waals surface area contributed by atoms with Crippen molar-refractivity contribution in [1.82, 2.24) is 20.6 Å². The number of nitrogens with one attached hydrogen (secondary N) is 4. The SMILES string of the molecule is COc1c(C)cccc1Nc1c(-c2ccncc2C#C[C@@]2(C)CCCN2)[nH]c2c1C(=O)NCC2. The number of amides is 1. The molecule has 1 amide bonds. The summed E-state index contributed by atoms with van der Waals surface area (Å²) in [5.41, 5.74) is 6.41. The van der Waals surface area contributed by atoms with Crippen molar-refractivity contribution in [3.63, 3.8) is 0 Å². The van der Waals surface area contributed by atoms with Crippen molar-refractivity contribution < 1.29 is 9.53 Å². The zero-order valence-electron chi connectivity index (χ0n) is 19.8. The van der Waals surface area contributed by atoms with Crippen molar-refractivity contribution in [3.8, 4) is 28.8 Å². The average molecular weight is 456 g/mol. The maximum absolute atomic E-state index is 12.9. The first-order valence-electron chi connectivity index (χ1n) is 11.7. The van der Waals surface area contributed by atoms with Gasteiger partial charge in [-0.15, -0.1) is 0 Å². The quantitative estimate of drug-likeness (QED) is 0.448. The standard InChI is InChI=1S/C27H29N5O2/c1-17-6-4-7-21(25(17)34-3)32-24-22-20(10-15-29-26(22)33)31-23(24)19-9-14-28-16-18(19)8-12-27(2)11-5-13-30-27/h4,6-7,9,14,16,30-32H,5,10-11,13,15H2,1-3H3,(H,29,33)/t27-/m1/s1. The molecule has 0 radical (unpaired) electrons. The molecule has 34 heavy (non-hydrogen) atoms. The number of hydrogen-bond acceptors (Lipinski definition) is 5. The van der Waals surface area contributed by atoms with Gasteiger partial charge >= 0.3 is 0 Å². The van der Waals surface area contributed by atoms with Crippen molar-refractivity contribution in [2.75, 3.05) is 25.5 Å². The first-order valence-corrected chi connectivity index (χ1v) is 11.7. The van der Waals surface area contributed by atoms with E-state index in [1.165, 1.54) is 0 Å². The maximum Gasteiger partial charge on any atom is 0.255 e. The first-order chi connectivity index (χ1) is 16.5. The molecule has 1 fully saturated rings. The number of aromatic amines is 1. The molecule has 1 saturated heterocycles. The monoisotopic (exact) mass is 455 g/mol. The lowest BCUT2D eigenvalue weighted by Crippen LogP contribution is -2.34. The summed E-state index contributed by atoms with van der Waals surface area (Å²) in [5, 5.41) is 9.97. The number of fused-ring (bicyclic) bond motifs is 1. The number of benzene rings is 1. The summed E-state index contributed by atoms with van der Waals surface area (Å²) in [6.45, 7) is 5.72. The molecule has 5 rings (SSSR count). The van der Waals surface area contributed by atoms with E-state index in [-0.39, 0.29) is 11.4 Å². The Bertz CT molecular complexity index is 1310. The Balaban J connectivity index is 1.65. The van der Waals surface area contributed by atoms with Gasteiger partial charge in [-0.25, -0.2) is 0 Å². The van der Waals surface area contributed by atoms with Crippen LogP contribution in [0.5, 0.6) is 5.75 Å². The Morgan fingerprint density at radius 3 is 2.91 bits per heavy atom. The third kappa shape index (κ3) is 4.02. The molecule has 2 aromatic heterocycles. The summed E-state index contributed by atoms with van der Waals surface area (Å²) in [5.74, 6) is 7.43. The molecule has 4 N–H and O–H groups in total. The first kappa shape index (κ1) is 22.1. The Morgan fingerprint density at radius 2 is 2.12 bits per heavy atom. The van der Waals surface area contributed by atoms with Gasteiger partial charge in [-0.05, 0) is 50.9 Å². The van der Waals surface area contributed by atoms with Crippen molar-refractivity contribution in [3.05, 3.63) is 59.0 Å². The van der Waals surface area contributed by atoms with Crippen molar-refractivity contribution in [1.29, 1.82) is 0 Å². The van der Waals surface area contributed by atoms with Crippen LogP contribution >= 0.6 is 0 Å². The molecule has 0 saturated carbocycles. The molecule has 0 spiro atoms. The van der Waals surface area contributed by atoms with Crippen LogP contribution in [0.2, 0.25) is 0 Å². The lowest BCUT2D eigenvalue weighted by Gasteiger charge is -2.17. The number of aryl methyl sites for hydroxylation is 1. The zero-order valence-corrected chi connectivity index (χ0v) is 19.8. The molecule has 1 atom stereocenters. The fraction of sp³-hybridized carbons (Fsp3) is 0.333. The minimum Gasteiger partial charge on any atom is -0.494 e. The number of pyridine rings is 1. The molecule has 4 heterocycles. The van der Waals surface area contributed by atoms with E-state index in [9.17, 15) is 4.79 Å². The van der Waals surface area contributed by atoms with Gasteiger partial charge in [0.25, 0.3) is 5.91 Å². The number of para-hydroxylation sites is 1. The lowest BCUT2D eigenvalue weighted by atomic mass is 9.99. The molecule has 3 aromatic rings. The normalized spacial score (nSPS) is 19.1. The van der Waals surface area contributed by atoms with Crippen molar-refractivity contribution >= 4 is 17.3 Å². The Kier molecular flexibility index (Phi) is 5.76. The fourth-order valence-electron chi connectivity index (χ4n) is 4.78.